The van der Waals surface area contributed by atoms with E-state index in [0.29, 0.717) is 0 Å². The molecule has 8 rings (SSSR count). The normalized spacial score (nSPS) is 13.7. The molecule has 1 aliphatic rings. The molecular formula is C47H49IrN3SSi-2. The SMILES string of the molecule is Cc1cccc(C)c1-c1ccc2c(n1)sc1c[c-]c(-c3nccc4c3CCCC4)cc12.[2H]C([2H])(c1cc(-c2[c-]cccc2)ncc1[Si](C)(C)C)C(C)(C)C.[Ir]. The van der Waals surface area contributed by atoms with Crippen molar-refractivity contribution in [3.8, 4) is 33.8 Å². The van der Waals surface area contributed by atoms with E-state index in [1.165, 1.54) is 62.6 Å². The Morgan fingerprint density at radius 2 is 1.60 bits per heavy atom. The maximum atomic E-state index is 8.75. The summed E-state index contributed by atoms with van der Waals surface area (Å²) in [6.07, 6.45) is 7.25. The molecule has 0 aliphatic heterocycles. The van der Waals surface area contributed by atoms with Crippen molar-refractivity contribution in [3.05, 3.63) is 131 Å². The Morgan fingerprint density at radius 3 is 2.32 bits per heavy atom. The summed E-state index contributed by atoms with van der Waals surface area (Å²) in [5.41, 5.74) is 11.9. The molecular weight excluding hydrogens is 859 g/mol. The third-order valence-electron chi connectivity index (χ3n) is 9.74. The second kappa shape index (κ2) is 15.9. The molecule has 1 radical (unpaired) electrons. The van der Waals surface area contributed by atoms with Gasteiger partial charge in [0, 0.05) is 40.8 Å². The van der Waals surface area contributed by atoms with Crippen LogP contribution >= 0.6 is 11.3 Å². The van der Waals surface area contributed by atoms with Crippen LogP contribution in [0.4, 0.5) is 0 Å². The Labute approximate surface area is 337 Å². The van der Waals surface area contributed by atoms with Crippen molar-refractivity contribution in [2.24, 2.45) is 5.41 Å². The van der Waals surface area contributed by atoms with Crippen molar-refractivity contribution in [2.75, 3.05) is 0 Å². The van der Waals surface area contributed by atoms with Crippen LogP contribution in [0.15, 0.2) is 91.3 Å². The first-order valence-electron chi connectivity index (χ1n) is 19.4. The molecule has 3 nitrogen and oxygen atoms in total. The number of rotatable bonds is 5. The summed E-state index contributed by atoms with van der Waals surface area (Å²) in [4.78, 5) is 15.5. The zero-order valence-electron chi connectivity index (χ0n) is 34.1. The van der Waals surface area contributed by atoms with Gasteiger partial charge >= 0.3 is 0 Å². The third-order valence-corrected chi connectivity index (χ3v) is 12.8. The van der Waals surface area contributed by atoms with Gasteiger partial charge in [-0.05, 0) is 101 Å². The molecule has 6 heteroatoms. The fraction of sp³-hybridized carbons (Fsp3) is 0.298. The smallest absolute Gasteiger partial charge is 0.114 e. The first kappa shape index (κ1) is 36.2. The van der Waals surface area contributed by atoms with Crippen LogP contribution in [0.1, 0.15) is 64.2 Å². The molecule has 0 fully saturated rings. The largest absolute Gasteiger partial charge is 0.305 e. The standard InChI is InChI=1S/C28H23N2S.C19H26NSi.Ir/c1-17-6-5-7-18(2)26(17)24-12-11-22-23-16-20(10-13-25(23)31-28(22)30-24)27-21-9-4-3-8-19(21)14-15-29-27;1-19(2,3)13-16-12-17(15-10-8-7-9-11-15)20-14-18(16)21(4,5)6;/h5-7,11-16H,3-4,8-9H2,1-2H3;7-10,12,14H,13H2,1-6H3;/q2*-1;/i;13D2;. The van der Waals surface area contributed by atoms with E-state index >= 15 is 0 Å². The Balaban J connectivity index is 0.000000193. The summed E-state index contributed by atoms with van der Waals surface area (Å²) in [7, 11) is -1.70. The number of hydrogen-bond acceptors (Lipinski definition) is 4. The van der Waals surface area contributed by atoms with Gasteiger partial charge < -0.3 is 9.97 Å². The summed E-state index contributed by atoms with van der Waals surface area (Å²) in [6.45, 7) is 16.9. The van der Waals surface area contributed by atoms with Crippen LogP contribution in [0.3, 0.4) is 0 Å². The van der Waals surface area contributed by atoms with Gasteiger partial charge in [-0.25, -0.2) is 4.98 Å². The molecule has 1 aliphatic carbocycles. The van der Waals surface area contributed by atoms with E-state index in [1.807, 2.05) is 63.5 Å². The number of pyridine rings is 3. The fourth-order valence-electron chi connectivity index (χ4n) is 7.25. The molecule has 0 spiro atoms. The summed E-state index contributed by atoms with van der Waals surface area (Å²) in [6, 6.07) is 33.8. The molecule has 273 valence electrons. The first-order valence-corrected chi connectivity index (χ1v) is 22.7. The quantitative estimate of drug-likeness (QED) is 0.128. The molecule has 0 saturated heterocycles. The zero-order valence-corrected chi connectivity index (χ0v) is 36.3. The maximum absolute atomic E-state index is 8.75. The second-order valence-corrected chi connectivity index (χ2v) is 22.1. The van der Waals surface area contributed by atoms with Crippen LogP contribution in [-0.2, 0) is 39.3 Å². The minimum absolute atomic E-state index is 0. The first-order chi connectivity index (χ1) is 25.6. The van der Waals surface area contributed by atoms with Gasteiger partial charge in [-0.15, -0.1) is 59.7 Å². The van der Waals surface area contributed by atoms with Crippen LogP contribution < -0.4 is 5.19 Å². The van der Waals surface area contributed by atoms with Crippen molar-refractivity contribution in [1.82, 2.24) is 15.0 Å². The number of nitrogens with zero attached hydrogens (tertiary/aromatic N) is 3. The Kier molecular flexibility index (Phi) is 10.8. The van der Waals surface area contributed by atoms with Crippen molar-refractivity contribution in [2.45, 2.75) is 86.3 Å². The van der Waals surface area contributed by atoms with E-state index in [0.717, 1.165) is 50.2 Å². The third kappa shape index (κ3) is 8.63. The summed E-state index contributed by atoms with van der Waals surface area (Å²) in [5.74, 6) is 0. The number of benzene rings is 3. The van der Waals surface area contributed by atoms with Crippen molar-refractivity contribution < 1.29 is 22.8 Å². The van der Waals surface area contributed by atoms with Crippen LogP contribution in [0.25, 0.3) is 54.1 Å². The minimum atomic E-state index is -1.70. The van der Waals surface area contributed by atoms with Gasteiger partial charge in [-0.1, -0.05) is 92.8 Å². The molecule has 4 heterocycles. The van der Waals surface area contributed by atoms with Gasteiger partial charge in [-0.3, -0.25) is 0 Å². The molecule has 0 saturated carbocycles. The number of hydrogen-bond donors (Lipinski definition) is 0. The van der Waals surface area contributed by atoms with Gasteiger partial charge in [-0.2, -0.15) is 11.3 Å². The van der Waals surface area contributed by atoms with E-state index in [-0.39, 0.29) is 20.1 Å². The van der Waals surface area contributed by atoms with E-state index in [2.05, 4.69) is 99.1 Å². The van der Waals surface area contributed by atoms with E-state index in [4.69, 9.17) is 12.7 Å². The van der Waals surface area contributed by atoms with Gasteiger partial charge in [0.15, 0.2) is 0 Å². The van der Waals surface area contributed by atoms with Crippen molar-refractivity contribution in [3.63, 3.8) is 0 Å². The number of aryl methyl sites for hydroxylation is 3. The average molecular weight is 910 g/mol. The topological polar surface area (TPSA) is 38.7 Å². The maximum Gasteiger partial charge on any atom is 0.114 e. The predicted octanol–water partition coefficient (Wildman–Crippen LogP) is 12.2. The predicted molar refractivity (Wildman–Crippen MR) is 225 cm³/mol. The van der Waals surface area contributed by atoms with Gasteiger partial charge in [0.2, 0.25) is 0 Å². The molecule has 4 aromatic heterocycles. The second-order valence-electron chi connectivity index (χ2n) is 16.1. The average Bonchev–Trinajstić information content (AvgIpc) is 3.51. The van der Waals surface area contributed by atoms with Crippen molar-refractivity contribution in [1.29, 1.82) is 0 Å². The molecule has 53 heavy (non-hydrogen) atoms. The molecule has 0 amide bonds. The molecule has 0 unspecified atom stereocenters. The summed E-state index contributed by atoms with van der Waals surface area (Å²) >= 11 is 1.75. The van der Waals surface area contributed by atoms with Gasteiger partial charge in [0.1, 0.15) is 4.83 Å². The van der Waals surface area contributed by atoms with E-state index in [1.54, 1.807) is 11.3 Å². The molecule has 0 bridgehead atoms. The summed E-state index contributed by atoms with van der Waals surface area (Å²) in [5, 5.41) is 3.57. The summed E-state index contributed by atoms with van der Waals surface area (Å²) < 4.78 is 18.7. The fourth-order valence-corrected chi connectivity index (χ4v) is 9.68. The minimum Gasteiger partial charge on any atom is -0.305 e. The monoisotopic (exact) mass is 910 g/mol. The number of fused-ring (bicyclic) bond motifs is 4. The van der Waals surface area contributed by atoms with Crippen LogP contribution in [0, 0.1) is 31.4 Å². The molecule has 0 atom stereocenters. The van der Waals surface area contributed by atoms with E-state index in [9.17, 15) is 0 Å². The molecule has 7 aromatic rings. The van der Waals surface area contributed by atoms with Crippen molar-refractivity contribution >= 4 is 44.9 Å². The van der Waals surface area contributed by atoms with Gasteiger partial charge in [0.25, 0.3) is 0 Å². The zero-order chi connectivity index (χ0) is 38.4. The molecule has 3 aromatic carbocycles. The number of aromatic nitrogens is 3. The Hall–Kier alpha value is -3.80. The van der Waals surface area contributed by atoms with Gasteiger partial charge in [0.05, 0.1) is 13.8 Å². The van der Waals surface area contributed by atoms with Crippen LogP contribution in [0.2, 0.25) is 19.6 Å². The van der Waals surface area contributed by atoms with E-state index < -0.39 is 19.9 Å². The Morgan fingerprint density at radius 1 is 0.830 bits per heavy atom. The molecule has 0 N–H and O–H groups in total. The Bertz CT molecular complexity index is 2460. The number of thiophene rings is 1. The van der Waals surface area contributed by atoms with Crippen LogP contribution in [-0.4, -0.2) is 23.0 Å². The van der Waals surface area contributed by atoms with Crippen LogP contribution in [0.5, 0.6) is 0 Å².